The molecule has 414 valence electrons. The molecule has 6 fully saturated rings. The van der Waals surface area contributed by atoms with Gasteiger partial charge in [0.2, 0.25) is 0 Å². The van der Waals surface area contributed by atoms with Crippen LogP contribution in [0.15, 0.2) is 12.7 Å². The van der Waals surface area contributed by atoms with E-state index in [4.69, 9.17) is 95.9 Å². The third-order valence-electron chi connectivity index (χ3n) is 8.07. The Kier molecular flexibility index (Phi) is 19.1. The van der Waals surface area contributed by atoms with Crippen molar-refractivity contribution in [3.8, 4) is 0 Å². The number of hydrogen-bond acceptors (Lipinski definition) is 24. The van der Waals surface area contributed by atoms with Gasteiger partial charge in [-0.2, -0.15) is 0 Å². The topological polar surface area (TPSA) is 229 Å². The minimum atomic E-state index is -5.53. The number of esters is 1. The Morgan fingerprint density at radius 3 is 0.746 bits per heavy atom. The first-order valence-corrected chi connectivity index (χ1v) is 62.7. The average Bonchev–Trinajstić information content (AvgIpc) is 3.00. The van der Waals surface area contributed by atoms with E-state index in [2.05, 4.69) is 6.58 Å². The molecule has 0 unspecified atom stereocenters. The molecular weight excluding hydrogens is 1210 g/mol. The van der Waals surface area contributed by atoms with Crippen molar-refractivity contribution in [1.82, 2.24) is 0 Å². The summed E-state index contributed by atoms with van der Waals surface area (Å²) >= 11 is 0. The van der Waals surface area contributed by atoms with Gasteiger partial charge in [-0.05, 0) is 158 Å². The fourth-order valence-corrected chi connectivity index (χ4v) is 72.8. The highest BCUT2D eigenvalue weighted by Crippen LogP contribution is 2.53. The molecule has 0 radical (unpaired) electrons. The number of carbonyl (C=O) groups is 1. The molecule has 24 nitrogen and oxygen atoms in total. The Labute approximate surface area is 439 Å². The van der Waals surface area contributed by atoms with Crippen molar-refractivity contribution < 1.29 is 101 Å². The Bertz CT molecular complexity index is 1710. The van der Waals surface area contributed by atoms with Gasteiger partial charge in [0, 0.05) is 25.3 Å². The second-order valence-electron chi connectivity index (χ2n) is 23.9. The van der Waals surface area contributed by atoms with Crippen molar-refractivity contribution in [3.05, 3.63) is 12.7 Å². The molecule has 6 heterocycles. The molecule has 40 heteroatoms. The summed E-state index contributed by atoms with van der Waals surface area (Å²) in [7, 11) is -67.3. The van der Waals surface area contributed by atoms with Crippen molar-refractivity contribution in [2.24, 2.45) is 0 Å². The highest BCUT2D eigenvalue weighted by atomic mass is 28.7. The molecule has 0 spiro atoms. The van der Waals surface area contributed by atoms with Crippen LogP contribution >= 0.6 is 0 Å². The molecular formula is C31H82O24Si16. The molecule has 0 atom stereocenters. The van der Waals surface area contributed by atoms with Crippen molar-refractivity contribution in [1.29, 1.82) is 0 Å². The van der Waals surface area contributed by atoms with Crippen LogP contribution in [0.25, 0.3) is 0 Å². The molecule has 6 saturated heterocycles. The van der Waals surface area contributed by atoms with Crippen LogP contribution in [0.3, 0.4) is 0 Å². The fourth-order valence-electron chi connectivity index (χ4n) is 6.91. The predicted octanol–water partition coefficient (Wildman–Crippen LogP) is 6.85. The fraction of sp³-hybridized carbons (Fsp3) is 0.903. The number of ether oxygens (including phenoxy) is 1. The van der Waals surface area contributed by atoms with Gasteiger partial charge in [-0.15, -0.1) is 0 Å². The Morgan fingerprint density at radius 2 is 0.577 bits per heavy atom. The van der Waals surface area contributed by atoms with E-state index in [9.17, 15) is 4.79 Å². The van der Waals surface area contributed by atoms with Gasteiger partial charge in [0.05, 0.1) is 6.61 Å². The second kappa shape index (κ2) is 21.4. The van der Waals surface area contributed by atoms with Gasteiger partial charge < -0.3 is 95.9 Å². The van der Waals surface area contributed by atoms with E-state index >= 15 is 0 Å². The standard InChI is InChI=1S/C31H82O24Si16/c1-25-31(32)33-29-28-30-63(34-26-2,35-27-3)43-71-53-68(40-60(16,17)18)47-65(37-57(7,8)9)44-64(36-56(4,5)6)45-66(49-68,38-58(10,11)12)51-70(55-71,42-62(22,23)24)52-67(46-64,39-59(13,14)15)50-69(48-65,54-71)41-61(19,20)21/h25H,1,26-30H2,2-24H3. The summed E-state index contributed by atoms with van der Waals surface area (Å²) in [5, 5.41) is 0. The van der Waals surface area contributed by atoms with Gasteiger partial charge in [-0.25, -0.2) is 4.79 Å². The van der Waals surface area contributed by atoms with Crippen molar-refractivity contribution >= 4 is 145 Å². The van der Waals surface area contributed by atoms with Gasteiger partial charge in [-0.1, -0.05) is 6.58 Å². The van der Waals surface area contributed by atoms with Gasteiger partial charge in [0.15, 0.2) is 58.2 Å². The van der Waals surface area contributed by atoms with E-state index in [1.807, 2.05) is 137 Å². The zero-order valence-corrected chi connectivity index (χ0v) is 62.1. The molecule has 6 rings (SSSR count). The first kappa shape index (κ1) is 63.6. The summed E-state index contributed by atoms with van der Waals surface area (Å²) < 4.78 is 166. The molecule has 0 saturated carbocycles. The Balaban J connectivity index is 2.07. The van der Waals surface area contributed by atoms with Gasteiger partial charge in [0.1, 0.15) is 0 Å². The summed E-state index contributed by atoms with van der Waals surface area (Å²) in [5.41, 5.74) is 0. The molecule has 6 aliphatic heterocycles. The lowest BCUT2D eigenvalue weighted by atomic mass is 10.5. The van der Waals surface area contributed by atoms with E-state index in [1.54, 1.807) is 13.8 Å². The summed E-state index contributed by atoms with van der Waals surface area (Å²) in [6.07, 6.45) is 1.26. The molecule has 0 N–H and O–H groups in total. The van der Waals surface area contributed by atoms with Crippen LogP contribution in [0.2, 0.25) is 144 Å². The van der Waals surface area contributed by atoms with Crippen LogP contribution in [-0.4, -0.2) is 165 Å². The first-order chi connectivity index (χ1) is 31.7. The Morgan fingerprint density at radius 1 is 0.380 bits per heavy atom. The summed E-state index contributed by atoms with van der Waals surface area (Å²) in [6, 6.07) is 0.0229. The average molecular weight is 1290 g/mol. The molecule has 8 bridgehead atoms. The third-order valence-corrected chi connectivity index (χ3v) is 60.9. The third kappa shape index (κ3) is 17.9. The minimum absolute atomic E-state index is 0.0229. The van der Waals surface area contributed by atoms with E-state index in [-0.39, 0.29) is 32.3 Å². The molecule has 0 aromatic carbocycles. The van der Waals surface area contributed by atoms with Crippen LogP contribution in [0.4, 0.5) is 0 Å². The maximum absolute atomic E-state index is 12.3. The van der Waals surface area contributed by atoms with E-state index in [0.717, 1.165) is 6.08 Å². The zero-order chi connectivity index (χ0) is 54.1. The monoisotopic (exact) mass is 1290 g/mol. The predicted molar refractivity (Wildman–Crippen MR) is 291 cm³/mol. The lowest BCUT2D eigenvalue weighted by Crippen LogP contribution is -2.93. The first-order valence-electron chi connectivity index (χ1n) is 23.8. The quantitative estimate of drug-likeness (QED) is 0.0394. The van der Waals surface area contributed by atoms with E-state index in [0.29, 0.717) is 0 Å². The van der Waals surface area contributed by atoms with E-state index < -0.39 is 145 Å². The van der Waals surface area contributed by atoms with Crippen molar-refractivity contribution in [2.45, 2.75) is 164 Å². The van der Waals surface area contributed by atoms with Crippen LogP contribution in [0.5, 0.6) is 0 Å². The zero-order valence-electron chi connectivity index (χ0n) is 46.1. The van der Waals surface area contributed by atoms with Crippen molar-refractivity contribution in [2.75, 3.05) is 19.8 Å². The maximum atomic E-state index is 12.3. The second-order valence-corrected chi connectivity index (χ2v) is 80.2. The summed E-state index contributed by atoms with van der Waals surface area (Å²) in [6.45, 7) is 47.4. The normalized spacial score (nSPS) is 35.1. The van der Waals surface area contributed by atoms with Crippen LogP contribution < -0.4 is 0 Å². The minimum Gasteiger partial charge on any atom is -0.463 e. The lowest BCUT2D eigenvalue weighted by molar-refractivity contribution is -0.139. The number of rotatable bonds is 25. The van der Waals surface area contributed by atoms with Crippen LogP contribution in [-0.2, 0) is 101 Å². The van der Waals surface area contributed by atoms with Gasteiger partial charge in [-0.3, -0.25) is 0 Å². The van der Waals surface area contributed by atoms with Crippen LogP contribution in [0.1, 0.15) is 20.3 Å². The summed E-state index contributed by atoms with van der Waals surface area (Å²) in [5.74, 6) is -0.613. The number of hydrogen-bond donors (Lipinski definition) is 0. The van der Waals surface area contributed by atoms with Crippen molar-refractivity contribution in [3.63, 3.8) is 0 Å². The summed E-state index contributed by atoms with van der Waals surface area (Å²) in [4.78, 5) is 12.3. The Hall–Kier alpha value is 1.80. The number of carbonyl (C=O) groups excluding carboxylic acids is 1. The van der Waals surface area contributed by atoms with Gasteiger partial charge >= 0.3 is 87.2 Å². The smallest absolute Gasteiger partial charge is 0.463 e. The molecule has 0 aromatic rings. The van der Waals surface area contributed by atoms with Crippen LogP contribution in [0, 0.1) is 0 Å². The molecule has 0 amide bonds. The molecule has 0 aromatic heterocycles. The highest BCUT2D eigenvalue weighted by Gasteiger charge is 2.92. The highest BCUT2D eigenvalue weighted by molar-refractivity contribution is 7.04. The lowest BCUT2D eigenvalue weighted by Gasteiger charge is -2.60. The largest absolute Gasteiger partial charge is 0.654 e. The van der Waals surface area contributed by atoms with Gasteiger partial charge in [0.25, 0.3) is 0 Å². The van der Waals surface area contributed by atoms with E-state index in [1.165, 1.54) is 0 Å². The molecule has 0 aliphatic carbocycles. The molecule has 71 heavy (non-hydrogen) atoms. The SMILES string of the molecule is C=CC(=O)OCCC[Si](OCC)(OCC)O[Si]12O[Si]3(O[Si](C)(C)C)O[Si]4(O[Si](C)(C)C)O[Si]5(O[Si](C)(C)C)O[Si](O[Si](C)(C)C)(O3)O[Si](O[Si](C)(C)C)(O[Si](O[Si](C)(C)C)(O5)O[Si](O[Si](C)(C)C)(O4)O1)O2. The maximum Gasteiger partial charge on any atom is 0.654 e. The molecule has 6 aliphatic rings.